The van der Waals surface area contributed by atoms with Crippen LogP contribution in [-0.4, -0.2) is 21.4 Å². The quantitative estimate of drug-likeness (QED) is 0.829. The highest BCUT2D eigenvalue weighted by Gasteiger charge is 2.03. The average molecular weight is 288 g/mol. The normalized spacial score (nSPS) is 12.1. The number of rotatable bonds is 5. The molecule has 1 aromatic heterocycles. The molecule has 0 aliphatic rings. The lowest BCUT2D eigenvalue weighted by atomic mass is 10.2. The maximum absolute atomic E-state index is 10.6. The molecule has 1 unspecified atom stereocenters. The lowest BCUT2D eigenvalue weighted by molar-refractivity contribution is -0.136. The van der Waals surface area contributed by atoms with E-state index < -0.39 is 5.97 Å². The molecule has 0 saturated heterocycles. The fraction of sp³-hybridized carbons (Fsp3) is 0.133. The number of benzene rings is 1. The summed E-state index contributed by atoms with van der Waals surface area (Å²) in [5.74, 6) is -0.108. The van der Waals surface area contributed by atoms with Gasteiger partial charge in [0.15, 0.2) is 0 Å². The Morgan fingerprint density at radius 2 is 2.05 bits per heavy atom. The van der Waals surface area contributed by atoms with Crippen LogP contribution in [0.5, 0.6) is 0 Å². The van der Waals surface area contributed by atoms with Gasteiger partial charge in [0.2, 0.25) is 0 Å². The highest BCUT2D eigenvalue weighted by Crippen LogP contribution is 2.26. The number of aliphatic carboxylic acids is 1. The lowest BCUT2D eigenvalue weighted by Gasteiger charge is -2.11. The monoisotopic (exact) mass is 288 g/mol. The van der Waals surface area contributed by atoms with Gasteiger partial charge in [-0.3, -0.25) is 4.79 Å². The zero-order chi connectivity index (χ0) is 14.4. The molecule has 4 nitrogen and oxygen atoms in total. The van der Waals surface area contributed by atoms with Crippen molar-refractivity contribution in [1.82, 2.24) is 4.98 Å². The van der Waals surface area contributed by atoms with Crippen LogP contribution in [0.2, 0.25) is 0 Å². The highest BCUT2D eigenvalue weighted by atomic mass is 32.2. The minimum atomic E-state index is -0.849. The number of nitrogens with one attached hydrogen (secondary N) is 1. The van der Waals surface area contributed by atoms with Gasteiger partial charge < -0.3 is 9.83 Å². The SMILES string of the molecule is CC=S(Nc1ccc(CC(=O)O)cn1)c1ccccc1. The molecule has 0 amide bonds. The number of aromatic nitrogens is 1. The Morgan fingerprint density at radius 1 is 1.30 bits per heavy atom. The van der Waals surface area contributed by atoms with Crippen LogP contribution in [0.15, 0.2) is 53.6 Å². The van der Waals surface area contributed by atoms with Crippen LogP contribution in [-0.2, 0) is 11.2 Å². The maximum atomic E-state index is 10.6. The van der Waals surface area contributed by atoms with Crippen molar-refractivity contribution in [3.8, 4) is 0 Å². The van der Waals surface area contributed by atoms with Gasteiger partial charge in [-0.15, -0.1) is 0 Å². The van der Waals surface area contributed by atoms with Crippen LogP contribution in [0, 0.1) is 0 Å². The molecule has 104 valence electrons. The minimum Gasteiger partial charge on any atom is -0.481 e. The zero-order valence-electron chi connectivity index (χ0n) is 11.1. The predicted molar refractivity (Wildman–Crippen MR) is 83.2 cm³/mol. The van der Waals surface area contributed by atoms with Crippen molar-refractivity contribution in [3.05, 3.63) is 54.2 Å². The van der Waals surface area contributed by atoms with Crippen molar-refractivity contribution < 1.29 is 9.90 Å². The topological polar surface area (TPSA) is 62.2 Å². The van der Waals surface area contributed by atoms with E-state index in [9.17, 15) is 4.79 Å². The number of carboxylic acid groups (broad SMARTS) is 1. The van der Waals surface area contributed by atoms with Gasteiger partial charge in [0.1, 0.15) is 5.82 Å². The van der Waals surface area contributed by atoms with Crippen molar-refractivity contribution in [2.24, 2.45) is 0 Å². The summed E-state index contributed by atoms with van der Waals surface area (Å²) in [6, 6.07) is 13.7. The first-order valence-corrected chi connectivity index (χ1v) is 7.49. The molecule has 5 heteroatoms. The van der Waals surface area contributed by atoms with Crippen molar-refractivity contribution in [1.29, 1.82) is 0 Å². The van der Waals surface area contributed by atoms with Crippen molar-refractivity contribution in [2.45, 2.75) is 18.2 Å². The summed E-state index contributed by atoms with van der Waals surface area (Å²) in [7, 11) is -0.217. The van der Waals surface area contributed by atoms with Crippen LogP contribution in [0.25, 0.3) is 0 Å². The Hall–Kier alpha value is -2.14. The van der Waals surface area contributed by atoms with E-state index in [1.807, 2.05) is 31.2 Å². The summed E-state index contributed by atoms with van der Waals surface area (Å²) in [5.41, 5.74) is 0.697. The minimum absolute atomic E-state index is 0.00240. The molecule has 0 spiro atoms. The number of hydrogen-bond donors (Lipinski definition) is 2. The third kappa shape index (κ3) is 3.93. The highest BCUT2D eigenvalue weighted by molar-refractivity contribution is 8.16. The number of carbonyl (C=O) groups is 1. The molecule has 0 aliphatic heterocycles. The smallest absolute Gasteiger partial charge is 0.307 e. The van der Waals surface area contributed by atoms with E-state index in [0.717, 1.165) is 5.82 Å². The third-order valence-electron chi connectivity index (χ3n) is 2.63. The second-order valence-corrected chi connectivity index (χ2v) is 5.93. The summed E-state index contributed by atoms with van der Waals surface area (Å²) in [4.78, 5) is 16.1. The molecule has 20 heavy (non-hydrogen) atoms. The molecule has 0 aliphatic carbocycles. The first-order valence-electron chi connectivity index (χ1n) is 6.20. The fourth-order valence-corrected chi connectivity index (χ4v) is 3.00. The Bertz CT molecular complexity index is 610. The summed E-state index contributed by atoms with van der Waals surface area (Å²) in [5, 5.41) is 10.8. The maximum Gasteiger partial charge on any atom is 0.307 e. The first-order chi connectivity index (χ1) is 9.69. The standard InChI is InChI=1S/C15H16N2O2S/c1-2-20(13-6-4-3-5-7-13)17-14-9-8-12(11-16-14)10-15(18)19/h2-9,11H,10H2,1H3,(H,16,17)(H,18,19). The van der Waals surface area contributed by atoms with E-state index in [-0.39, 0.29) is 17.1 Å². The fourth-order valence-electron chi connectivity index (χ4n) is 1.70. The Kier molecular flexibility index (Phi) is 4.90. The van der Waals surface area contributed by atoms with Crippen LogP contribution < -0.4 is 4.72 Å². The predicted octanol–water partition coefficient (Wildman–Crippen LogP) is 3.19. The van der Waals surface area contributed by atoms with E-state index in [4.69, 9.17) is 5.11 Å². The second-order valence-electron chi connectivity index (χ2n) is 4.11. The molecule has 2 rings (SSSR count). The molecular formula is C15H16N2O2S. The molecule has 2 aromatic rings. The van der Waals surface area contributed by atoms with Crippen LogP contribution in [0.3, 0.4) is 0 Å². The molecule has 1 aromatic carbocycles. The Labute approximate surface area is 120 Å². The number of carboxylic acids is 1. The van der Waals surface area contributed by atoms with Crippen LogP contribution in [0.4, 0.5) is 5.82 Å². The third-order valence-corrected chi connectivity index (χ3v) is 4.31. The number of hydrogen-bond acceptors (Lipinski definition) is 3. The van der Waals surface area contributed by atoms with Gasteiger partial charge in [-0.2, -0.15) is 0 Å². The van der Waals surface area contributed by atoms with Gasteiger partial charge in [0.25, 0.3) is 0 Å². The summed E-state index contributed by atoms with van der Waals surface area (Å²) in [6.07, 6.45) is 1.59. The van der Waals surface area contributed by atoms with Gasteiger partial charge >= 0.3 is 5.97 Å². The van der Waals surface area contributed by atoms with E-state index in [0.29, 0.717) is 5.56 Å². The van der Waals surface area contributed by atoms with Gasteiger partial charge in [-0.1, -0.05) is 34.9 Å². The van der Waals surface area contributed by atoms with Gasteiger partial charge in [-0.25, -0.2) is 4.98 Å². The Balaban J connectivity index is 2.11. The summed E-state index contributed by atoms with van der Waals surface area (Å²) >= 11 is 0. The lowest BCUT2D eigenvalue weighted by Crippen LogP contribution is -2.01. The molecule has 0 saturated carbocycles. The Morgan fingerprint density at radius 3 is 2.60 bits per heavy atom. The van der Waals surface area contributed by atoms with Gasteiger partial charge in [0, 0.05) is 11.1 Å². The average Bonchev–Trinajstić information content (AvgIpc) is 2.47. The molecule has 1 heterocycles. The van der Waals surface area contributed by atoms with Crippen molar-refractivity contribution in [2.75, 3.05) is 4.72 Å². The number of anilines is 1. The second kappa shape index (κ2) is 6.86. The zero-order valence-corrected chi connectivity index (χ0v) is 11.9. The molecule has 0 fully saturated rings. The largest absolute Gasteiger partial charge is 0.481 e. The summed E-state index contributed by atoms with van der Waals surface area (Å²) < 4.78 is 3.34. The van der Waals surface area contributed by atoms with E-state index in [1.165, 1.54) is 4.90 Å². The summed E-state index contributed by atoms with van der Waals surface area (Å²) in [6.45, 7) is 2.00. The molecular weight excluding hydrogens is 272 g/mol. The molecule has 1 atom stereocenters. The van der Waals surface area contributed by atoms with Crippen LogP contribution >= 0.6 is 10.7 Å². The first kappa shape index (κ1) is 14.3. The van der Waals surface area contributed by atoms with E-state index >= 15 is 0 Å². The van der Waals surface area contributed by atoms with E-state index in [2.05, 4.69) is 27.2 Å². The molecule has 2 N–H and O–H groups in total. The van der Waals surface area contributed by atoms with Crippen molar-refractivity contribution in [3.63, 3.8) is 0 Å². The van der Waals surface area contributed by atoms with Crippen molar-refractivity contribution >= 4 is 27.8 Å². The molecule has 0 radical (unpaired) electrons. The van der Waals surface area contributed by atoms with Crippen LogP contribution in [0.1, 0.15) is 12.5 Å². The number of nitrogens with zero attached hydrogens (tertiary/aromatic N) is 1. The number of pyridine rings is 1. The molecule has 0 bridgehead atoms. The van der Waals surface area contributed by atoms with Gasteiger partial charge in [-0.05, 0) is 36.1 Å². The van der Waals surface area contributed by atoms with E-state index in [1.54, 1.807) is 12.3 Å². The van der Waals surface area contributed by atoms with Gasteiger partial charge in [0.05, 0.1) is 6.42 Å².